The number of nitrogens with zero attached hydrogens (tertiary/aromatic N) is 1. The van der Waals surface area contributed by atoms with Crippen LogP contribution in [0.15, 0.2) is 54.6 Å². The number of benzene rings is 2. The number of alkyl halides is 3. The molecule has 2 aromatic rings. The SMILES string of the molecule is N[C@@H]1CN(Cc2ccc(C(F)(F)F)cc2)C[C@H]1c1ccccc1. The molecule has 1 aliphatic heterocycles. The lowest BCUT2D eigenvalue weighted by Gasteiger charge is -2.16. The van der Waals surface area contributed by atoms with Gasteiger partial charge < -0.3 is 5.73 Å². The molecule has 23 heavy (non-hydrogen) atoms. The first-order valence-corrected chi connectivity index (χ1v) is 7.62. The van der Waals surface area contributed by atoms with Gasteiger partial charge in [-0.15, -0.1) is 0 Å². The van der Waals surface area contributed by atoms with Crippen molar-refractivity contribution in [3.8, 4) is 0 Å². The summed E-state index contributed by atoms with van der Waals surface area (Å²) in [5.74, 6) is 0.269. The van der Waals surface area contributed by atoms with E-state index in [1.807, 2.05) is 18.2 Å². The number of hydrogen-bond donors (Lipinski definition) is 1. The van der Waals surface area contributed by atoms with Crippen LogP contribution >= 0.6 is 0 Å². The van der Waals surface area contributed by atoms with Gasteiger partial charge in [0.15, 0.2) is 0 Å². The number of nitrogens with two attached hydrogens (primary N) is 1. The zero-order chi connectivity index (χ0) is 16.4. The van der Waals surface area contributed by atoms with Gasteiger partial charge in [0.25, 0.3) is 0 Å². The number of hydrogen-bond acceptors (Lipinski definition) is 2. The largest absolute Gasteiger partial charge is 0.416 e. The maximum atomic E-state index is 12.6. The molecule has 5 heteroatoms. The van der Waals surface area contributed by atoms with E-state index in [1.54, 1.807) is 12.1 Å². The molecule has 0 unspecified atom stereocenters. The van der Waals surface area contributed by atoms with Gasteiger partial charge in [0.1, 0.15) is 0 Å². The normalized spacial score (nSPS) is 22.4. The summed E-state index contributed by atoms with van der Waals surface area (Å²) in [6, 6.07) is 15.5. The Morgan fingerprint density at radius 1 is 0.957 bits per heavy atom. The smallest absolute Gasteiger partial charge is 0.326 e. The van der Waals surface area contributed by atoms with Crippen molar-refractivity contribution in [3.05, 3.63) is 71.3 Å². The van der Waals surface area contributed by atoms with Crippen LogP contribution in [0.25, 0.3) is 0 Å². The first kappa shape index (κ1) is 16.0. The third-order valence-corrected chi connectivity index (χ3v) is 4.36. The lowest BCUT2D eigenvalue weighted by Crippen LogP contribution is -2.28. The molecule has 2 N–H and O–H groups in total. The Morgan fingerprint density at radius 2 is 1.61 bits per heavy atom. The first-order valence-electron chi connectivity index (χ1n) is 7.62. The van der Waals surface area contributed by atoms with Crippen LogP contribution in [0, 0.1) is 0 Å². The van der Waals surface area contributed by atoms with Gasteiger partial charge in [0.2, 0.25) is 0 Å². The van der Waals surface area contributed by atoms with E-state index in [2.05, 4.69) is 17.0 Å². The predicted octanol–water partition coefficient (Wildman–Crippen LogP) is 3.63. The molecule has 1 heterocycles. The van der Waals surface area contributed by atoms with Crippen molar-refractivity contribution in [3.63, 3.8) is 0 Å². The van der Waals surface area contributed by atoms with Gasteiger partial charge in [0, 0.05) is 31.6 Å². The number of rotatable bonds is 3. The highest BCUT2D eigenvalue weighted by molar-refractivity contribution is 5.26. The van der Waals surface area contributed by atoms with Crippen LogP contribution < -0.4 is 5.73 Å². The van der Waals surface area contributed by atoms with Crippen molar-refractivity contribution < 1.29 is 13.2 Å². The molecule has 1 aliphatic rings. The van der Waals surface area contributed by atoms with E-state index in [9.17, 15) is 13.2 Å². The van der Waals surface area contributed by atoms with Crippen LogP contribution in [0.4, 0.5) is 13.2 Å². The lowest BCUT2D eigenvalue weighted by molar-refractivity contribution is -0.137. The fraction of sp³-hybridized carbons (Fsp3) is 0.333. The quantitative estimate of drug-likeness (QED) is 0.936. The van der Waals surface area contributed by atoms with Crippen LogP contribution in [0.5, 0.6) is 0 Å². The van der Waals surface area contributed by atoms with E-state index >= 15 is 0 Å². The molecule has 3 rings (SSSR count). The van der Waals surface area contributed by atoms with Gasteiger partial charge in [-0.05, 0) is 23.3 Å². The standard InChI is InChI=1S/C18H19F3N2/c19-18(20,21)15-8-6-13(7-9-15)10-23-11-16(17(22)12-23)14-4-2-1-3-5-14/h1-9,16-17H,10-12,22H2/t16-,17+/m0/s1. The van der Waals surface area contributed by atoms with Crippen molar-refractivity contribution in [1.82, 2.24) is 4.90 Å². The van der Waals surface area contributed by atoms with Crippen LogP contribution in [0.3, 0.4) is 0 Å². The average Bonchev–Trinajstić information content (AvgIpc) is 2.88. The predicted molar refractivity (Wildman–Crippen MR) is 83.9 cm³/mol. The van der Waals surface area contributed by atoms with E-state index in [-0.39, 0.29) is 12.0 Å². The minimum Gasteiger partial charge on any atom is -0.326 e. The summed E-state index contributed by atoms with van der Waals surface area (Å²) in [5.41, 5.74) is 7.73. The molecule has 2 aromatic carbocycles. The summed E-state index contributed by atoms with van der Waals surface area (Å²) in [6.45, 7) is 2.20. The summed E-state index contributed by atoms with van der Waals surface area (Å²) >= 11 is 0. The highest BCUT2D eigenvalue weighted by Crippen LogP contribution is 2.30. The first-order chi connectivity index (χ1) is 10.9. The molecule has 122 valence electrons. The molecular weight excluding hydrogens is 301 g/mol. The van der Waals surface area contributed by atoms with Crippen LogP contribution in [-0.4, -0.2) is 24.0 Å². The molecule has 2 atom stereocenters. The van der Waals surface area contributed by atoms with E-state index < -0.39 is 11.7 Å². The monoisotopic (exact) mass is 320 g/mol. The van der Waals surface area contributed by atoms with E-state index in [1.165, 1.54) is 5.56 Å². The lowest BCUT2D eigenvalue weighted by atomic mass is 9.95. The Labute approximate surface area is 133 Å². The van der Waals surface area contributed by atoms with Gasteiger partial charge in [-0.25, -0.2) is 0 Å². The molecule has 2 nitrogen and oxygen atoms in total. The third kappa shape index (κ3) is 3.74. The van der Waals surface area contributed by atoms with Crippen molar-refractivity contribution in [2.45, 2.75) is 24.7 Å². The van der Waals surface area contributed by atoms with Crippen molar-refractivity contribution in [2.75, 3.05) is 13.1 Å². The van der Waals surface area contributed by atoms with Crippen LogP contribution in [0.1, 0.15) is 22.6 Å². The van der Waals surface area contributed by atoms with E-state index in [0.29, 0.717) is 6.54 Å². The molecule has 0 saturated carbocycles. The highest BCUT2D eigenvalue weighted by atomic mass is 19.4. The molecule has 1 saturated heterocycles. The highest BCUT2D eigenvalue weighted by Gasteiger charge is 2.32. The molecule has 1 fully saturated rings. The molecule has 0 amide bonds. The Morgan fingerprint density at radius 3 is 2.22 bits per heavy atom. The summed E-state index contributed by atoms with van der Waals surface area (Å²) < 4.78 is 37.8. The van der Waals surface area contributed by atoms with Crippen LogP contribution in [-0.2, 0) is 12.7 Å². The summed E-state index contributed by atoms with van der Waals surface area (Å²) in [5, 5.41) is 0. The van der Waals surface area contributed by atoms with Gasteiger partial charge in [0.05, 0.1) is 5.56 Å². The molecule has 0 aliphatic carbocycles. The maximum Gasteiger partial charge on any atom is 0.416 e. The van der Waals surface area contributed by atoms with Gasteiger partial charge >= 0.3 is 6.18 Å². The Bertz CT molecular complexity index is 638. The molecule has 0 spiro atoms. The topological polar surface area (TPSA) is 29.3 Å². The van der Waals surface area contributed by atoms with E-state index in [4.69, 9.17) is 5.73 Å². The zero-order valence-corrected chi connectivity index (χ0v) is 12.6. The minimum atomic E-state index is -4.28. The second-order valence-electron chi connectivity index (χ2n) is 6.07. The molecule has 0 bridgehead atoms. The maximum absolute atomic E-state index is 12.6. The second kappa shape index (κ2) is 6.34. The van der Waals surface area contributed by atoms with Gasteiger partial charge in [-0.2, -0.15) is 13.2 Å². The number of halogens is 3. The Hall–Kier alpha value is -1.85. The molecule has 0 aromatic heterocycles. The summed E-state index contributed by atoms with van der Waals surface area (Å²) in [4.78, 5) is 2.20. The van der Waals surface area contributed by atoms with Crippen molar-refractivity contribution in [2.24, 2.45) is 5.73 Å². The second-order valence-corrected chi connectivity index (χ2v) is 6.07. The fourth-order valence-corrected chi connectivity index (χ4v) is 3.15. The minimum absolute atomic E-state index is 0.0480. The van der Waals surface area contributed by atoms with Crippen molar-refractivity contribution in [1.29, 1.82) is 0 Å². The third-order valence-electron chi connectivity index (χ3n) is 4.36. The molecular formula is C18H19F3N2. The van der Waals surface area contributed by atoms with E-state index in [0.717, 1.165) is 30.8 Å². The Kier molecular flexibility index (Phi) is 4.41. The van der Waals surface area contributed by atoms with Gasteiger partial charge in [-0.1, -0.05) is 42.5 Å². The van der Waals surface area contributed by atoms with Crippen LogP contribution in [0.2, 0.25) is 0 Å². The molecule has 0 radical (unpaired) electrons. The number of likely N-dealkylation sites (tertiary alicyclic amines) is 1. The fourth-order valence-electron chi connectivity index (χ4n) is 3.15. The Balaban J connectivity index is 1.65. The zero-order valence-electron chi connectivity index (χ0n) is 12.6. The average molecular weight is 320 g/mol. The van der Waals surface area contributed by atoms with Gasteiger partial charge in [-0.3, -0.25) is 4.90 Å². The summed E-state index contributed by atoms with van der Waals surface area (Å²) in [7, 11) is 0. The summed E-state index contributed by atoms with van der Waals surface area (Å²) in [6.07, 6.45) is -4.28. The van der Waals surface area contributed by atoms with Crippen molar-refractivity contribution >= 4 is 0 Å².